The lowest BCUT2D eigenvalue weighted by Crippen LogP contribution is -2.09. The van der Waals surface area contributed by atoms with Gasteiger partial charge in [0.1, 0.15) is 10.7 Å². The van der Waals surface area contributed by atoms with Crippen molar-refractivity contribution in [3.8, 4) is 0 Å². The minimum absolute atomic E-state index is 0.274. The highest BCUT2D eigenvalue weighted by atomic mass is 35.5. The summed E-state index contributed by atoms with van der Waals surface area (Å²) in [5, 5.41) is 0.274. The molecular formula is C6H3ClN4O. The van der Waals surface area contributed by atoms with E-state index in [4.69, 9.17) is 11.6 Å². The van der Waals surface area contributed by atoms with E-state index < -0.39 is 5.69 Å². The van der Waals surface area contributed by atoms with E-state index in [1.165, 1.54) is 12.4 Å². The van der Waals surface area contributed by atoms with Gasteiger partial charge in [-0.2, -0.15) is 4.98 Å². The van der Waals surface area contributed by atoms with E-state index in [0.29, 0.717) is 11.2 Å². The van der Waals surface area contributed by atoms with E-state index in [-0.39, 0.29) is 5.15 Å². The molecule has 0 fully saturated rings. The first kappa shape index (κ1) is 7.17. The van der Waals surface area contributed by atoms with Crippen molar-refractivity contribution in [3.05, 3.63) is 28.0 Å². The van der Waals surface area contributed by atoms with Crippen LogP contribution in [0.25, 0.3) is 11.2 Å². The van der Waals surface area contributed by atoms with Crippen molar-refractivity contribution in [2.45, 2.75) is 0 Å². The monoisotopic (exact) mass is 182 g/mol. The average Bonchev–Trinajstić information content (AvgIpc) is 2.05. The molecule has 0 aliphatic heterocycles. The summed E-state index contributed by atoms with van der Waals surface area (Å²) in [6.07, 6.45) is 2.69. The van der Waals surface area contributed by atoms with Gasteiger partial charge in [-0.05, 0) is 0 Å². The summed E-state index contributed by atoms with van der Waals surface area (Å²) in [6.45, 7) is 0. The number of hydrogen-bond acceptors (Lipinski definition) is 4. The number of H-pyrrole nitrogens is 1. The molecular weight excluding hydrogens is 180 g/mol. The van der Waals surface area contributed by atoms with Gasteiger partial charge in [-0.1, -0.05) is 11.6 Å². The molecule has 2 aromatic heterocycles. The fraction of sp³-hybridized carbons (Fsp3) is 0. The first-order chi connectivity index (χ1) is 5.75. The lowest BCUT2D eigenvalue weighted by atomic mass is 10.5. The van der Waals surface area contributed by atoms with E-state index in [0.717, 1.165) is 0 Å². The van der Waals surface area contributed by atoms with Gasteiger partial charge in [0, 0.05) is 0 Å². The van der Waals surface area contributed by atoms with Gasteiger partial charge < -0.3 is 0 Å². The topological polar surface area (TPSA) is 71.5 Å². The Balaban J connectivity index is 2.87. The quantitative estimate of drug-likeness (QED) is 0.639. The van der Waals surface area contributed by atoms with Gasteiger partial charge in [-0.15, -0.1) is 0 Å². The van der Waals surface area contributed by atoms with Crippen LogP contribution in [-0.2, 0) is 0 Å². The van der Waals surface area contributed by atoms with Gasteiger partial charge in [-0.25, -0.2) is 14.8 Å². The number of nitrogens with zero attached hydrogens (tertiary/aromatic N) is 3. The van der Waals surface area contributed by atoms with Crippen LogP contribution in [0.1, 0.15) is 0 Å². The molecule has 2 rings (SSSR count). The van der Waals surface area contributed by atoms with Crippen LogP contribution in [0.5, 0.6) is 0 Å². The number of rotatable bonds is 0. The van der Waals surface area contributed by atoms with E-state index in [1.54, 1.807) is 0 Å². The van der Waals surface area contributed by atoms with Crippen LogP contribution in [0.4, 0.5) is 0 Å². The lowest BCUT2D eigenvalue weighted by molar-refractivity contribution is 1.08. The number of hydrogen-bond donors (Lipinski definition) is 1. The standard InChI is InChI=1S/C6H3ClN4O/c7-4-2-8-5-3(10-4)1-9-6(12)11-5/h1-2H,(H,8,9,11,12). The molecule has 0 saturated carbocycles. The largest absolute Gasteiger partial charge is 0.346 e. The second-order valence-corrected chi connectivity index (χ2v) is 2.50. The van der Waals surface area contributed by atoms with Gasteiger partial charge in [0.2, 0.25) is 0 Å². The molecule has 60 valence electrons. The summed E-state index contributed by atoms with van der Waals surface area (Å²) in [6, 6.07) is 0. The van der Waals surface area contributed by atoms with Crippen LogP contribution >= 0.6 is 11.6 Å². The molecule has 0 aliphatic rings. The zero-order chi connectivity index (χ0) is 8.55. The van der Waals surface area contributed by atoms with Crippen LogP contribution < -0.4 is 5.69 Å². The summed E-state index contributed by atoms with van der Waals surface area (Å²) >= 11 is 5.57. The lowest BCUT2D eigenvalue weighted by Gasteiger charge is -1.93. The zero-order valence-corrected chi connectivity index (χ0v) is 6.54. The second kappa shape index (κ2) is 2.53. The van der Waals surface area contributed by atoms with Gasteiger partial charge in [0.15, 0.2) is 5.65 Å². The number of halogens is 1. The summed E-state index contributed by atoms with van der Waals surface area (Å²) < 4.78 is 0. The Kier molecular flexibility index (Phi) is 1.51. The Morgan fingerprint density at radius 3 is 3.00 bits per heavy atom. The van der Waals surface area contributed by atoms with Crippen molar-refractivity contribution in [1.29, 1.82) is 0 Å². The molecule has 0 radical (unpaired) electrons. The predicted octanol–water partition coefficient (Wildman–Crippen LogP) is 0.366. The van der Waals surface area contributed by atoms with Crippen molar-refractivity contribution in [2.24, 2.45) is 0 Å². The van der Waals surface area contributed by atoms with E-state index in [2.05, 4.69) is 19.9 Å². The highest BCUT2D eigenvalue weighted by Gasteiger charge is 1.97. The van der Waals surface area contributed by atoms with Crippen molar-refractivity contribution in [1.82, 2.24) is 19.9 Å². The van der Waals surface area contributed by atoms with Crippen molar-refractivity contribution < 1.29 is 0 Å². The van der Waals surface area contributed by atoms with Crippen molar-refractivity contribution in [2.75, 3.05) is 0 Å². The number of nitrogens with one attached hydrogen (secondary N) is 1. The van der Waals surface area contributed by atoms with Crippen LogP contribution in [0.3, 0.4) is 0 Å². The minimum atomic E-state index is -0.445. The molecule has 2 aromatic rings. The fourth-order valence-electron chi connectivity index (χ4n) is 0.820. The number of aromatic amines is 1. The van der Waals surface area contributed by atoms with Gasteiger partial charge in [0.25, 0.3) is 0 Å². The first-order valence-corrected chi connectivity index (χ1v) is 3.51. The van der Waals surface area contributed by atoms with Crippen LogP contribution in [-0.4, -0.2) is 19.9 Å². The molecule has 12 heavy (non-hydrogen) atoms. The average molecular weight is 183 g/mol. The highest BCUT2D eigenvalue weighted by molar-refractivity contribution is 6.29. The van der Waals surface area contributed by atoms with E-state index >= 15 is 0 Å². The van der Waals surface area contributed by atoms with Crippen LogP contribution in [0.2, 0.25) is 5.15 Å². The molecule has 1 N–H and O–H groups in total. The van der Waals surface area contributed by atoms with E-state index in [1.807, 2.05) is 0 Å². The molecule has 0 aromatic carbocycles. The third-order valence-electron chi connectivity index (χ3n) is 1.30. The highest BCUT2D eigenvalue weighted by Crippen LogP contribution is 2.06. The summed E-state index contributed by atoms with van der Waals surface area (Å²) in [7, 11) is 0. The molecule has 0 aliphatic carbocycles. The smallest absolute Gasteiger partial charge is 0.289 e. The molecule has 0 unspecified atom stereocenters. The van der Waals surface area contributed by atoms with Gasteiger partial charge >= 0.3 is 5.69 Å². The normalized spacial score (nSPS) is 10.4. The Bertz CT molecular complexity index is 480. The molecule has 0 amide bonds. The maximum Gasteiger partial charge on any atom is 0.346 e. The van der Waals surface area contributed by atoms with Crippen molar-refractivity contribution >= 4 is 22.8 Å². The number of aromatic nitrogens is 4. The van der Waals surface area contributed by atoms with Gasteiger partial charge in [-0.3, -0.25) is 4.98 Å². The van der Waals surface area contributed by atoms with Gasteiger partial charge in [0.05, 0.1) is 12.4 Å². The molecule has 0 bridgehead atoms. The molecule has 6 heteroatoms. The fourth-order valence-corrected chi connectivity index (χ4v) is 0.960. The Labute approximate surface area is 71.5 Å². The zero-order valence-electron chi connectivity index (χ0n) is 5.78. The summed E-state index contributed by atoms with van der Waals surface area (Å²) in [5.41, 5.74) is 0.417. The third-order valence-corrected chi connectivity index (χ3v) is 1.48. The van der Waals surface area contributed by atoms with E-state index in [9.17, 15) is 4.79 Å². The maximum absolute atomic E-state index is 10.7. The van der Waals surface area contributed by atoms with Crippen LogP contribution in [0.15, 0.2) is 17.2 Å². The Hall–Kier alpha value is -1.49. The predicted molar refractivity (Wildman–Crippen MR) is 43.0 cm³/mol. The minimum Gasteiger partial charge on any atom is -0.289 e. The molecule has 5 nitrogen and oxygen atoms in total. The number of fused-ring (bicyclic) bond motifs is 1. The third kappa shape index (κ3) is 1.14. The molecule has 0 saturated heterocycles. The van der Waals surface area contributed by atoms with Crippen LogP contribution in [0, 0.1) is 0 Å². The summed E-state index contributed by atoms with van der Waals surface area (Å²) in [4.78, 5) is 24.3. The SMILES string of the molecule is O=c1ncc2nc(Cl)cnc2[nH]1. The second-order valence-electron chi connectivity index (χ2n) is 2.11. The Morgan fingerprint density at radius 1 is 1.33 bits per heavy atom. The molecule has 0 spiro atoms. The molecule has 0 atom stereocenters. The first-order valence-electron chi connectivity index (χ1n) is 3.13. The molecule has 2 heterocycles. The Morgan fingerprint density at radius 2 is 2.17 bits per heavy atom. The van der Waals surface area contributed by atoms with Crippen molar-refractivity contribution in [3.63, 3.8) is 0 Å². The summed E-state index contributed by atoms with van der Waals surface area (Å²) in [5.74, 6) is 0. The maximum atomic E-state index is 10.7.